The molecule has 1 heteroatoms. The fourth-order valence-electron chi connectivity index (χ4n) is 2.49. The van der Waals surface area contributed by atoms with Gasteiger partial charge in [-0.15, -0.1) is 0 Å². The second-order valence-corrected chi connectivity index (χ2v) is 13.4. The van der Waals surface area contributed by atoms with Crippen LogP contribution in [0.5, 0.6) is 0 Å². The molecular formula is C17H29Si. The smallest absolute Gasteiger partial charge is 0.0656 e. The minimum atomic E-state index is -1.32. The first-order valence-corrected chi connectivity index (χ1v) is 10.4. The van der Waals surface area contributed by atoms with Gasteiger partial charge in [0.25, 0.3) is 0 Å². The van der Waals surface area contributed by atoms with E-state index in [1.165, 1.54) is 11.1 Å². The maximum atomic E-state index is 3.52. The average molecular weight is 262 g/mol. The van der Waals surface area contributed by atoms with Crippen LogP contribution in [0.4, 0.5) is 0 Å². The van der Waals surface area contributed by atoms with Gasteiger partial charge in [-0.1, -0.05) is 78.5 Å². The molecule has 1 radical (unpaired) electrons. The fourth-order valence-corrected chi connectivity index (χ4v) is 4.33. The predicted molar refractivity (Wildman–Crippen MR) is 85.7 cm³/mol. The van der Waals surface area contributed by atoms with E-state index in [1.54, 1.807) is 5.19 Å². The van der Waals surface area contributed by atoms with Crippen LogP contribution in [-0.2, 0) is 10.8 Å². The van der Waals surface area contributed by atoms with Crippen LogP contribution in [0.25, 0.3) is 0 Å². The van der Waals surface area contributed by atoms with Gasteiger partial charge in [-0.25, -0.2) is 0 Å². The van der Waals surface area contributed by atoms with Gasteiger partial charge in [-0.2, -0.15) is 0 Å². The highest BCUT2D eigenvalue weighted by Crippen LogP contribution is 2.33. The zero-order valence-electron chi connectivity index (χ0n) is 13.7. The highest BCUT2D eigenvalue weighted by molar-refractivity contribution is 6.89. The molecule has 0 N–H and O–H groups in total. The van der Waals surface area contributed by atoms with Gasteiger partial charge >= 0.3 is 0 Å². The number of rotatable bonds is 1. The van der Waals surface area contributed by atoms with E-state index in [9.17, 15) is 0 Å². The molecule has 101 valence electrons. The maximum absolute atomic E-state index is 3.52. The summed E-state index contributed by atoms with van der Waals surface area (Å²) in [7, 11) is -1.32. The summed E-state index contributed by atoms with van der Waals surface area (Å²) in [5, 5.41) is 1.60. The van der Waals surface area contributed by atoms with E-state index in [0.717, 1.165) is 0 Å². The molecule has 0 saturated heterocycles. The summed E-state index contributed by atoms with van der Waals surface area (Å²) in [5.74, 6) is 0. The van der Waals surface area contributed by atoms with E-state index in [1.807, 2.05) is 0 Å². The van der Waals surface area contributed by atoms with Crippen LogP contribution in [0.15, 0.2) is 12.1 Å². The van der Waals surface area contributed by atoms with Crippen molar-refractivity contribution in [3.63, 3.8) is 0 Å². The minimum absolute atomic E-state index is 0.165. The van der Waals surface area contributed by atoms with E-state index in [-0.39, 0.29) is 10.8 Å². The van der Waals surface area contributed by atoms with Crippen molar-refractivity contribution in [2.75, 3.05) is 0 Å². The third-order valence-electron chi connectivity index (χ3n) is 3.31. The number of benzene rings is 1. The fraction of sp³-hybridized carbons (Fsp3) is 0.647. The Morgan fingerprint density at radius 2 is 1.39 bits per heavy atom. The Bertz CT molecular complexity index is 390. The van der Waals surface area contributed by atoms with Crippen LogP contribution in [0.1, 0.15) is 52.7 Å². The van der Waals surface area contributed by atoms with E-state index in [2.05, 4.69) is 79.4 Å². The molecule has 0 saturated carbocycles. The summed E-state index contributed by atoms with van der Waals surface area (Å²) in [5.41, 5.74) is 3.29. The summed E-state index contributed by atoms with van der Waals surface area (Å²) in [4.78, 5) is 0. The van der Waals surface area contributed by atoms with Crippen LogP contribution >= 0.6 is 0 Å². The highest BCUT2D eigenvalue weighted by atomic mass is 28.3. The Balaban J connectivity index is 3.68. The van der Waals surface area contributed by atoms with E-state index in [0.29, 0.717) is 0 Å². The van der Waals surface area contributed by atoms with Crippen molar-refractivity contribution in [1.29, 1.82) is 0 Å². The Hall–Kier alpha value is -0.563. The van der Waals surface area contributed by atoms with Crippen molar-refractivity contribution >= 4 is 13.3 Å². The maximum Gasteiger partial charge on any atom is 0.0779 e. The SMILES string of the molecule is CC(C)(C)c1[c]ccc([Si](C)(C)C)c1C(C)(C)C. The largest absolute Gasteiger partial charge is 0.0779 e. The van der Waals surface area contributed by atoms with Gasteiger partial charge in [0.1, 0.15) is 0 Å². The van der Waals surface area contributed by atoms with Gasteiger partial charge in [0.2, 0.25) is 0 Å². The molecule has 0 aliphatic heterocycles. The average Bonchev–Trinajstić information content (AvgIpc) is 2.12. The normalized spacial score (nSPS) is 13.8. The first-order valence-electron chi connectivity index (χ1n) is 6.91. The summed E-state index contributed by atoms with van der Waals surface area (Å²) >= 11 is 0. The van der Waals surface area contributed by atoms with E-state index in [4.69, 9.17) is 0 Å². The first kappa shape index (κ1) is 15.5. The van der Waals surface area contributed by atoms with Crippen LogP contribution < -0.4 is 5.19 Å². The number of hydrogen-bond donors (Lipinski definition) is 0. The van der Waals surface area contributed by atoms with Crippen molar-refractivity contribution in [3.05, 3.63) is 29.3 Å². The Morgan fingerprint density at radius 1 is 0.889 bits per heavy atom. The summed E-state index contributed by atoms with van der Waals surface area (Å²) in [6, 6.07) is 7.95. The molecule has 1 aromatic carbocycles. The molecule has 0 aliphatic rings. The molecular weight excluding hydrogens is 232 g/mol. The van der Waals surface area contributed by atoms with Crippen molar-refractivity contribution in [3.8, 4) is 0 Å². The lowest BCUT2D eigenvalue weighted by Gasteiger charge is -2.35. The van der Waals surface area contributed by atoms with Gasteiger partial charge in [-0.05, 0) is 28.0 Å². The predicted octanol–water partition coefficient (Wildman–Crippen LogP) is 4.63. The Morgan fingerprint density at radius 3 is 1.72 bits per heavy atom. The molecule has 0 unspecified atom stereocenters. The summed E-state index contributed by atoms with van der Waals surface area (Å²) in [6.45, 7) is 21.2. The molecule has 0 fully saturated rings. The van der Waals surface area contributed by atoms with Crippen molar-refractivity contribution in [2.45, 2.75) is 72.0 Å². The molecule has 0 aromatic heterocycles. The monoisotopic (exact) mass is 261 g/mol. The third kappa shape index (κ3) is 3.26. The topological polar surface area (TPSA) is 0 Å². The molecule has 0 nitrogen and oxygen atoms in total. The van der Waals surface area contributed by atoms with Crippen molar-refractivity contribution < 1.29 is 0 Å². The standard InChI is InChI=1S/C17H29Si/c1-16(2,3)13-11-10-12-14(18(7,8)9)15(13)17(4,5)6/h10,12H,1-9H3. The molecule has 0 atom stereocenters. The highest BCUT2D eigenvalue weighted by Gasteiger charge is 2.31. The molecule has 1 rings (SSSR count). The molecule has 0 bridgehead atoms. The van der Waals surface area contributed by atoms with Crippen molar-refractivity contribution in [1.82, 2.24) is 0 Å². The molecule has 0 aliphatic carbocycles. The molecule has 0 heterocycles. The van der Waals surface area contributed by atoms with Crippen LogP contribution in [0.3, 0.4) is 0 Å². The quantitative estimate of drug-likeness (QED) is 0.647. The zero-order chi connectivity index (χ0) is 14.4. The lowest BCUT2D eigenvalue weighted by atomic mass is 9.75. The van der Waals surface area contributed by atoms with E-state index < -0.39 is 8.07 Å². The van der Waals surface area contributed by atoms with E-state index >= 15 is 0 Å². The minimum Gasteiger partial charge on any atom is -0.0656 e. The van der Waals surface area contributed by atoms with Gasteiger partial charge < -0.3 is 0 Å². The molecule has 0 amide bonds. The second-order valence-electron chi connectivity index (χ2n) is 8.39. The van der Waals surface area contributed by atoms with Crippen LogP contribution in [0.2, 0.25) is 19.6 Å². The Kier molecular flexibility index (Phi) is 3.89. The lowest BCUT2D eigenvalue weighted by molar-refractivity contribution is 0.532. The zero-order valence-corrected chi connectivity index (χ0v) is 14.7. The molecule has 1 aromatic rings. The lowest BCUT2D eigenvalue weighted by Crippen LogP contribution is -2.44. The summed E-state index contributed by atoms with van der Waals surface area (Å²) in [6.07, 6.45) is 0. The third-order valence-corrected chi connectivity index (χ3v) is 5.34. The van der Waals surface area contributed by atoms with Gasteiger partial charge in [0, 0.05) is 0 Å². The van der Waals surface area contributed by atoms with Crippen molar-refractivity contribution in [2.24, 2.45) is 0 Å². The second kappa shape index (κ2) is 4.52. The van der Waals surface area contributed by atoms with Crippen LogP contribution in [-0.4, -0.2) is 8.07 Å². The van der Waals surface area contributed by atoms with Crippen LogP contribution in [0, 0.1) is 6.07 Å². The number of hydrogen-bond acceptors (Lipinski definition) is 0. The first-order chi connectivity index (χ1) is 7.85. The molecule has 0 spiro atoms. The summed E-state index contributed by atoms with van der Waals surface area (Å²) < 4.78 is 0. The van der Waals surface area contributed by atoms with Gasteiger partial charge in [-0.3, -0.25) is 0 Å². The Labute approximate surface area is 115 Å². The van der Waals surface area contributed by atoms with Gasteiger partial charge in [0.15, 0.2) is 0 Å². The molecule has 18 heavy (non-hydrogen) atoms. The van der Waals surface area contributed by atoms with Gasteiger partial charge in [0.05, 0.1) is 8.07 Å².